The van der Waals surface area contributed by atoms with Crippen LogP contribution >= 0.6 is 23.2 Å². The van der Waals surface area contributed by atoms with Gasteiger partial charge in [0.05, 0.1) is 6.04 Å². The van der Waals surface area contributed by atoms with Crippen LogP contribution < -0.4 is 10.1 Å². The largest absolute Gasteiger partial charge is 0.481 e. The average Bonchev–Trinajstić information content (AvgIpc) is 2.55. The Morgan fingerprint density at radius 3 is 2.38 bits per heavy atom. The molecule has 0 heterocycles. The van der Waals surface area contributed by atoms with Crippen molar-refractivity contribution in [2.24, 2.45) is 0 Å². The van der Waals surface area contributed by atoms with Gasteiger partial charge in [0.15, 0.2) is 6.10 Å². The molecule has 0 aliphatic heterocycles. The summed E-state index contributed by atoms with van der Waals surface area (Å²) in [6.45, 7) is 5.68. The molecule has 3 nitrogen and oxygen atoms in total. The van der Waals surface area contributed by atoms with E-state index >= 15 is 0 Å². The summed E-state index contributed by atoms with van der Waals surface area (Å²) in [5, 5.41) is 4.00. The normalized spacial score (nSPS) is 13.2. The summed E-state index contributed by atoms with van der Waals surface area (Å²) in [7, 11) is 0. The van der Waals surface area contributed by atoms with Crippen molar-refractivity contribution >= 4 is 29.1 Å². The van der Waals surface area contributed by atoms with E-state index in [-0.39, 0.29) is 11.9 Å². The first-order valence-corrected chi connectivity index (χ1v) is 8.67. The summed E-state index contributed by atoms with van der Waals surface area (Å²) in [6.07, 6.45) is 0.362. The summed E-state index contributed by atoms with van der Waals surface area (Å²) in [5.41, 5.74) is 2.04. The molecule has 1 amide bonds. The highest BCUT2D eigenvalue weighted by molar-refractivity contribution is 6.35. The van der Waals surface area contributed by atoms with E-state index in [1.165, 1.54) is 5.56 Å². The van der Waals surface area contributed by atoms with Gasteiger partial charge in [0.1, 0.15) is 5.75 Å². The summed E-state index contributed by atoms with van der Waals surface area (Å²) in [6, 6.07) is 12.7. The SMILES string of the molecule is CCc1ccc(O[C@@H](C)C(=O)N[C@@H](C)c2ccc(Cl)cc2Cl)cc1. The van der Waals surface area contributed by atoms with Crippen LogP contribution in [0.4, 0.5) is 0 Å². The van der Waals surface area contributed by atoms with Crippen molar-refractivity contribution in [3.8, 4) is 5.75 Å². The quantitative estimate of drug-likeness (QED) is 0.763. The van der Waals surface area contributed by atoms with E-state index in [9.17, 15) is 4.79 Å². The lowest BCUT2D eigenvalue weighted by Crippen LogP contribution is -2.37. The van der Waals surface area contributed by atoms with Crippen molar-refractivity contribution in [1.82, 2.24) is 5.32 Å². The van der Waals surface area contributed by atoms with Crippen LogP contribution in [0.3, 0.4) is 0 Å². The molecule has 2 aromatic carbocycles. The Labute approximate surface area is 152 Å². The zero-order chi connectivity index (χ0) is 17.7. The minimum absolute atomic E-state index is 0.201. The lowest BCUT2D eigenvalue weighted by molar-refractivity contribution is -0.127. The Hall–Kier alpha value is -1.71. The molecule has 0 fully saturated rings. The maximum atomic E-state index is 12.3. The molecule has 0 aliphatic rings. The number of halogens is 2. The number of amides is 1. The first-order valence-electron chi connectivity index (χ1n) is 7.91. The topological polar surface area (TPSA) is 38.3 Å². The summed E-state index contributed by atoms with van der Waals surface area (Å²) < 4.78 is 5.70. The van der Waals surface area contributed by atoms with Crippen LogP contribution in [0, 0.1) is 0 Å². The molecule has 0 saturated carbocycles. The molecule has 2 rings (SSSR count). The van der Waals surface area contributed by atoms with Crippen LogP contribution in [-0.4, -0.2) is 12.0 Å². The average molecular weight is 366 g/mol. The number of hydrogen-bond donors (Lipinski definition) is 1. The number of benzene rings is 2. The minimum atomic E-state index is -0.606. The van der Waals surface area contributed by atoms with E-state index in [2.05, 4.69) is 12.2 Å². The number of carbonyl (C=O) groups excluding carboxylic acids is 1. The van der Waals surface area contributed by atoms with Gasteiger partial charge in [-0.2, -0.15) is 0 Å². The molecule has 2 aromatic rings. The minimum Gasteiger partial charge on any atom is -0.481 e. The standard InChI is InChI=1S/C19H21Cl2NO2/c1-4-14-5-8-16(9-6-14)24-13(3)19(23)22-12(2)17-10-7-15(20)11-18(17)21/h5-13H,4H2,1-3H3,(H,22,23)/t12-,13-/m0/s1. The van der Waals surface area contributed by atoms with Crippen LogP contribution in [0.15, 0.2) is 42.5 Å². The van der Waals surface area contributed by atoms with Crippen molar-refractivity contribution < 1.29 is 9.53 Å². The van der Waals surface area contributed by atoms with Gasteiger partial charge in [-0.1, -0.05) is 48.3 Å². The predicted molar refractivity (Wildman–Crippen MR) is 98.9 cm³/mol. The van der Waals surface area contributed by atoms with E-state index in [4.69, 9.17) is 27.9 Å². The van der Waals surface area contributed by atoms with Gasteiger partial charge in [-0.15, -0.1) is 0 Å². The van der Waals surface area contributed by atoms with E-state index < -0.39 is 6.10 Å². The maximum absolute atomic E-state index is 12.3. The van der Waals surface area contributed by atoms with Gasteiger partial charge in [0.25, 0.3) is 5.91 Å². The van der Waals surface area contributed by atoms with Crippen LogP contribution in [-0.2, 0) is 11.2 Å². The monoisotopic (exact) mass is 365 g/mol. The second kappa shape index (κ2) is 8.41. The number of ether oxygens (including phenoxy) is 1. The summed E-state index contributed by atoms with van der Waals surface area (Å²) >= 11 is 12.1. The third-order valence-corrected chi connectivity index (χ3v) is 4.36. The first-order chi connectivity index (χ1) is 11.4. The second-order valence-corrected chi connectivity index (χ2v) is 6.50. The molecule has 0 unspecified atom stereocenters. The molecule has 2 atom stereocenters. The summed E-state index contributed by atoms with van der Waals surface area (Å²) in [5.74, 6) is 0.472. The Bertz CT molecular complexity index is 701. The Balaban J connectivity index is 1.97. The van der Waals surface area contributed by atoms with Crippen molar-refractivity contribution in [3.63, 3.8) is 0 Å². The highest BCUT2D eigenvalue weighted by Gasteiger charge is 2.19. The number of rotatable bonds is 6. The first kappa shape index (κ1) is 18.6. The highest BCUT2D eigenvalue weighted by atomic mass is 35.5. The fraction of sp³-hybridized carbons (Fsp3) is 0.316. The summed E-state index contributed by atoms with van der Waals surface area (Å²) in [4.78, 5) is 12.3. The van der Waals surface area contributed by atoms with Gasteiger partial charge in [0.2, 0.25) is 0 Å². The number of hydrogen-bond acceptors (Lipinski definition) is 2. The molecule has 0 spiro atoms. The zero-order valence-electron chi connectivity index (χ0n) is 14.0. The van der Waals surface area contributed by atoms with Crippen LogP contribution in [0.1, 0.15) is 37.9 Å². The fourth-order valence-corrected chi connectivity index (χ4v) is 2.89. The number of nitrogens with one attached hydrogen (secondary N) is 1. The van der Waals surface area contributed by atoms with Gasteiger partial charge in [-0.3, -0.25) is 4.79 Å². The molecule has 1 N–H and O–H groups in total. The molecule has 0 aliphatic carbocycles. The van der Waals surface area contributed by atoms with Crippen molar-refractivity contribution in [2.45, 2.75) is 39.3 Å². The zero-order valence-corrected chi connectivity index (χ0v) is 15.5. The van der Waals surface area contributed by atoms with E-state index in [1.807, 2.05) is 37.3 Å². The maximum Gasteiger partial charge on any atom is 0.261 e. The van der Waals surface area contributed by atoms with Crippen LogP contribution in [0.25, 0.3) is 0 Å². The predicted octanol–water partition coefficient (Wildman–Crippen LogP) is 5.20. The Morgan fingerprint density at radius 2 is 1.79 bits per heavy atom. The van der Waals surface area contributed by atoms with Crippen molar-refractivity contribution in [1.29, 1.82) is 0 Å². The van der Waals surface area contributed by atoms with Gasteiger partial charge < -0.3 is 10.1 Å². The highest BCUT2D eigenvalue weighted by Crippen LogP contribution is 2.26. The van der Waals surface area contributed by atoms with Crippen LogP contribution in [0.5, 0.6) is 5.75 Å². The molecule has 24 heavy (non-hydrogen) atoms. The molecule has 0 aromatic heterocycles. The molecule has 0 saturated heterocycles. The van der Waals surface area contributed by atoms with Gasteiger partial charge in [-0.25, -0.2) is 0 Å². The lowest BCUT2D eigenvalue weighted by Gasteiger charge is -2.20. The third kappa shape index (κ3) is 4.89. The molecule has 0 radical (unpaired) electrons. The van der Waals surface area contributed by atoms with E-state index in [0.717, 1.165) is 12.0 Å². The van der Waals surface area contributed by atoms with Crippen LogP contribution in [0.2, 0.25) is 10.0 Å². The Kier molecular flexibility index (Phi) is 6.52. The number of carbonyl (C=O) groups is 1. The van der Waals surface area contributed by atoms with E-state index in [1.54, 1.807) is 19.1 Å². The van der Waals surface area contributed by atoms with Gasteiger partial charge in [0, 0.05) is 10.0 Å². The molecular formula is C19H21Cl2NO2. The Morgan fingerprint density at radius 1 is 1.12 bits per heavy atom. The third-order valence-electron chi connectivity index (χ3n) is 3.80. The smallest absolute Gasteiger partial charge is 0.261 e. The van der Waals surface area contributed by atoms with Gasteiger partial charge >= 0.3 is 0 Å². The number of aryl methyl sites for hydroxylation is 1. The molecular weight excluding hydrogens is 345 g/mol. The second-order valence-electron chi connectivity index (χ2n) is 5.65. The fourth-order valence-electron chi connectivity index (χ4n) is 2.32. The van der Waals surface area contributed by atoms with Crippen molar-refractivity contribution in [3.05, 3.63) is 63.6 Å². The molecule has 0 bridgehead atoms. The van der Waals surface area contributed by atoms with Crippen molar-refractivity contribution in [2.75, 3.05) is 0 Å². The van der Waals surface area contributed by atoms with E-state index in [0.29, 0.717) is 15.8 Å². The van der Waals surface area contributed by atoms with Gasteiger partial charge in [-0.05, 0) is 55.7 Å². The lowest BCUT2D eigenvalue weighted by atomic mass is 10.1. The molecule has 128 valence electrons. The molecule has 5 heteroatoms.